The Labute approximate surface area is 40.7 Å². The van der Waals surface area contributed by atoms with Gasteiger partial charge < -0.3 is 5.48 Å². The maximum Gasteiger partial charge on any atom is 1.00 e. The number of hydrogen-bond acceptors (Lipinski definition) is 3. The second-order valence-corrected chi connectivity index (χ2v) is 0.0816. The van der Waals surface area contributed by atoms with Crippen LogP contribution in [0.4, 0.5) is 0 Å². The molecule has 0 atom stereocenters. The van der Waals surface area contributed by atoms with Crippen molar-refractivity contribution in [1.82, 2.24) is 0 Å². The molecule has 0 aromatic carbocycles. The van der Waals surface area contributed by atoms with E-state index in [-0.39, 0.29) is 24.3 Å². The second-order valence-electron chi connectivity index (χ2n) is 0.0816. The Morgan fingerprint density at radius 3 is 1.20 bits per heavy atom. The molecule has 0 rings (SSSR count). The average Bonchev–Trinajstić information content (AvgIpc) is 0.918. The zero-order chi connectivity index (χ0) is 2.71. The van der Waals surface area contributed by atoms with Gasteiger partial charge in [0.25, 0.3) is 0 Å². The van der Waals surface area contributed by atoms with E-state index in [9.17, 15) is 0 Å². The van der Waals surface area contributed by atoms with Gasteiger partial charge in [0.2, 0.25) is 0 Å². The molecular formula is H4LiO4+. The van der Waals surface area contributed by atoms with Crippen LogP contribution in [0.1, 0.15) is 0 Å². The average molecular weight is 75.0 g/mol. The van der Waals surface area contributed by atoms with Gasteiger partial charge in [-0.25, -0.2) is 10.5 Å². The summed E-state index contributed by atoms with van der Waals surface area (Å²) in [5.74, 6) is 0. The Hall–Kier alpha value is 0.437. The van der Waals surface area contributed by atoms with Crippen LogP contribution in [0.5, 0.6) is 0 Å². The summed E-state index contributed by atoms with van der Waals surface area (Å²) in [6.07, 6.45) is 0. The Kier molecular flexibility index (Phi) is 91.5. The minimum Gasteiger partial charge on any atom is -0.412 e. The van der Waals surface area contributed by atoms with Crippen LogP contribution in [-0.4, -0.2) is 16.0 Å². The van der Waals surface area contributed by atoms with Crippen molar-refractivity contribution in [2.45, 2.75) is 0 Å². The van der Waals surface area contributed by atoms with Crippen molar-refractivity contribution in [3.63, 3.8) is 0 Å². The van der Waals surface area contributed by atoms with E-state index in [0.717, 1.165) is 0 Å². The molecule has 0 unspecified atom stereocenters. The first-order valence-electron chi connectivity index (χ1n) is 0.365. The molecule has 0 saturated heterocycles. The Bertz CT molecular complexity index is 3.61. The van der Waals surface area contributed by atoms with E-state index < -0.39 is 0 Å². The van der Waals surface area contributed by atoms with E-state index >= 15 is 0 Å². The topological polar surface area (TPSA) is 81.2 Å². The van der Waals surface area contributed by atoms with Crippen molar-refractivity contribution >= 4 is 0 Å². The van der Waals surface area contributed by atoms with Crippen molar-refractivity contribution < 1.29 is 39.9 Å². The van der Waals surface area contributed by atoms with E-state index in [1.165, 1.54) is 0 Å². The van der Waals surface area contributed by atoms with Crippen molar-refractivity contribution in [2.24, 2.45) is 0 Å². The van der Waals surface area contributed by atoms with Crippen LogP contribution in [0.2, 0.25) is 0 Å². The molecule has 4 N–H and O–H groups in total. The molecule has 0 fully saturated rings. The van der Waals surface area contributed by atoms with Crippen LogP contribution in [0, 0.1) is 0 Å². The molecule has 0 aromatic heterocycles. The summed E-state index contributed by atoms with van der Waals surface area (Å²) >= 11 is 0. The monoisotopic (exact) mass is 75.0 g/mol. The van der Waals surface area contributed by atoms with Gasteiger partial charge in [0.1, 0.15) is 0 Å². The third-order valence-electron chi connectivity index (χ3n) is 0. The van der Waals surface area contributed by atoms with Crippen molar-refractivity contribution in [2.75, 3.05) is 0 Å². The molecule has 28 valence electrons. The first-order valence-corrected chi connectivity index (χ1v) is 0.365. The minimum absolute atomic E-state index is 0. The van der Waals surface area contributed by atoms with Crippen LogP contribution in [-0.2, 0) is 5.04 Å². The smallest absolute Gasteiger partial charge is 0.412 e. The van der Waals surface area contributed by atoms with Crippen LogP contribution < -0.4 is 18.9 Å². The zero-order valence-electron chi connectivity index (χ0n) is 2.80. The Balaban J connectivity index is -0.0000000200. The summed E-state index contributed by atoms with van der Waals surface area (Å²) in [5.41, 5.74) is 0. The van der Waals surface area contributed by atoms with E-state index in [0.29, 0.717) is 0 Å². The van der Waals surface area contributed by atoms with Crippen LogP contribution >= 0.6 is 0 Å². The molecule has 0 aromatic rings. The standard InChI is InChI=1S/Li.H2O3.H2O/c;1-3-2;/h;1-2H;1H2/q+1;;. The maximum atomic E-state index is 6.62. The molecule has 0 saturated carbocycles. The fourth-order valence-corrected chi connectivity index (χ4v) is 0. The minimum atomic E-state index is 0. The van der Waals surface area contributed by atoms with Gasteiger partial charge in [0, 0.05) is 0 Å². The van der Waals surface area contributed by atoms with Crippen LogP contribution in [0.3, 0.4) is 0 Å². The fourth-order valence-electron chi connectivity index (χ4n) is 0. The van der Waals surface area contributed by atoms with Gasteiger partial charge in [-0.15, -0.1) is 0 Å². The molecule has 5 heavy (non-hydrogen) atoms. The molecule has 5 heteroatoms. The maximum absolute atomic E-state index is 6.62. The van der Waals surface area contributed by atoms with E-state index in [1.807, 2.05) is 0 Å². The van der Waals surface area contributed by atoms with E-state index in [4.69, 9.17) is 10.5 Å². The number of hydrogen-bond donors (Lipinski definition) is 2. The van der Waals surface area contributed by atoms with Crippen molar-refractivity contribution in [3.05, 3.63) is 0 Å². The molecular weight excluding hydrogens is 70.9 g/mol. The molecule has 0 heterocycles. The SMILES string of the molecule is O.OOO.[Li+]. The molecule has 0 radical (unpaired) electrons. The first-order chi connectivity index (χ1) is 1.41. The normalized spacial score (nSPS) is 3.60. The summed E-state index contributed by atoms with van der Waals surface area (Å²) in [6.45, 7) is 0. The third kappa shape index (κ3) is 138. The van der Waals surface area contributed by atoms with Gasteiger partial charge >= 0.3 is 18.9 Å². The van der Waals surface area contributed by atoms with E-state index in [2.05, 4.69) is 5.04 Å². The summed E-state index contributed by atoms with van der Waals surface area (Å²) in [7, 11) is 0. The van der Waals surface area contributed by atoms with Crippen molar-refractivity contribution in [1.29, 1.82) is 0 Å². The molecule has 0 amide bonds. The Morgan fingerprint density at radius 1 is 1.20 bits per heavy atom. The fraction of sp³-hybridized carbons (Fsp3) is 0. The predicted molar refractivity (Wildman–Crippen MR) is 9.96 cm³/mol. The van der Waals surface area contributed by atoms with Gasteiger partial charge in [0.05, 0.1) is 0 Å². The second kappa shape index (κ2) is 25.4. The summed E-state index contributed by atoms with van der Waals surface area (Å²) in [6, 6.07) is 0. The van der Waals surface area contributed by atoms with Gasteiger partial charge in [-0.3, -0.25) is 0 Å². The summed E-state index contributed by atoms with van der Waals surface area (Å²) < 4.78 is 0. The molecule has 0 spiro atoms. The molecule has 0 aliphatic rings. The molecule has 0 aliphatic heterocycles. The van der Waals surface area contributed by atoms with E-state index in [1.54, 1.807) is 0 Å². The summed E-state index contributed by atoms with van der Waals surface area (Å²) in [5, 5.41) is 15.5. The Morgan fingerprint density at radius 2 is 1.20 bits per heavy atom. The number of rotatable bonds is 0. The van der Waals surface area contributed by atoms with Crippen LogP contribution in [0.15, 0.2) is 0 Å². The molecule has 4 nitrogen and oxygen atoms in total. The van der Waals surface area contributed by atoms with Gasteiger partial charge in [-0.2, -0.15) is 0 Å². The van der Waals surface area contributed by atoms with Gasteiger partial charge in [-0.05, 0) is 0 Å². The molecule has 0 bridgehead atoms. The zero-order valence-corrected chi connectivity index (χ0v) is 2.80. The first kappa shape index (κ1) is 18.0. The quantitative estimate of drug-likeness (QED) is 0.175. The van der Waals surface area contributed by atoms with Gasteiger partial charge in [0.15, 0.2) is 0 Å². The van der Waals surface area contributed by atoms with Crippen LogP contribution in [0.25, 0.3) is 0 Å². The molecule has 0 aliphatic carbocycles. The largest absolute Gasteiger partial charge is 1.00 e. The predicted octanol–water partition coefficient (Wildman–Crippen LogP) is -3.87. The van der Waals surface area contributed by atoms with Crippen molar-refractivity contribution in [3.8, 4) is 0 Å². The third-order valence-corrected chi connectivity index (χ3v) is 0. The van der Waals surface area contributed by atoms with Gasteiger partial charge in [-0.1, -0.05) is 5.04 Å². The summed E-state index contributed by atoms with van der Waals surface area (Å²) in [4.78, 5) is 0.